The normalized spacial score (nSPS) is 13.7. The fourth-order valence-corrected chi connectivity index (χ4v) is 4.16. The van der Waals surface area contributed by atoms with Crippen LogP contribution in [0.3, 0.4) is 0 Å². The number of rotatable bonds is 12. The van der Waals surface area contributed by atoms with E-state index in [0.29, 0.717) is 12.0 Å². The van der Waals surface area contributed by atoms with Gasteiger partial charge >= 0.3 is 0 Å². The number of hydrogen-bond donors (Lipinski definition) is 3. The molecule has 0 saturated carbocycles. The van der Waals surface area contributed by atoms with E-state index in [1.54, 1.807) is 29.9 Å². The average molecular weight is 489 g/mol. The molecule has 0 spiro atoms. The molecule has 10 heteroatoms. The molecule has 0 aliphatic heterocycles. The summed E-state index contributed by atoms with van der Waals surface area (Å²) in [5.41, 5.74) is 5.64. The zero-order valence-electron chi connectivity index (χ0n) is 19.6. The number of carbonyl (C=O) groups excluding carboxylic acids is 2. The Morgan fingerprint density at radius 3 is 2.35 bits per heavy atom. The Labute approximate surface area is 200 Å². The first-order valence-electron chi connectivity index (χ1n) is 10.9. The molecule has 2 atom stereocenters. The van der Waals surface area contributed by atoms with Crippen molar-refractivity contribution in [1.29, 1.82) is 0 Å². The number of hydrogen-bond acceptors (Lipinski definition) is 6. The number of aromatic nitrogens is 1. The number of benzene rings is 1. The van der Waals surface area contributed by atoms with Gasteiger partial charge in [0.05, 0.1) is 24.6 Å². The largest absolute Gasteiger partial charge is 0.289 e. The Morgan fingerprint density at radius 2 is 1.79 bits per heavy atom. The molecule has 2 amide bonds. The zero-order chi connectivity index (χ0) is 25.1. The molecule has 1 aromatic carbocycles. The standard InChI is InChI=1S/C24H32N4O5S/c1-18(2)15-22(21(24(30)27-31)13-7-11-19-9-5-4-6-10-19)23(29)26-28(34(3,32)33)17-20-12-8-14-25-16-20/h4-12,14,16,18,21-22,31H,13,15,17H2,1-3H3,(H,26,29)(H,27,30)/b11-7+/t21-,22+/m0/s1. The number of hydroxylamine groups is 1. The first-order chi connectivity index (χ1) is 16.1. The van der Waals surface area contributed by atoms with E-state index in [1.165, 1.54) is 6.20 Å². The topological polar surface area (TPSA) is 129 Å². The maximum absolute atomic E-state index is 13.3. The highest BCUT2D eigenvalue weighted by Gasteiger charge is 2.35. The van der Waals surface area contributed by atoms with E-state index in [-0.39, 0.29) is 18.9 Å². The van der Waals surface area contributed by atoms with E-state index in [1.807, 2.05) is 50.3 Å². The Balaban J connectivity index is 2.28. The Bertz CT molecular complexity index is 1060. The highest BCUT2D eigenvalue weighted by atomic mass is 32.2. The van der Waals surface area contributed by atoms with Gasteiger partial charge in [-0.1, -0.05) is 62.4 Å². The average Bonchev–Trinajstić information content (AvgIpc) is 2.80. The third-order valence-electron chi connectivity index (χ3n) is 5.18. The molecule has 0 fully saturated rings. The number of amides is 2. The van der Waals surface area contributed by atoms with Crippen molar-refractivity contribution < 1.29 is 23.2 Å². The predicted octanol–water partition coefficient (Wildman–Crippen LogP) is 2.76. The van der Waals surface area contributed by atoms with E-state index < -0.39 is 33.7 Å². The lowest BCUT2D eigenvalue weighted by atomic mass is 9.82. The number of carbonyl (C=O) groups is 2. The summed E-state index contributed by atoms with van der Waals surface area (Å²) in [5.74, 6) is -3.09. The molecule has 34 heavy (non-hydrogen) atoms. The molecule has 0 aliphatic rings. The van der Waals surface area contributed by atoms with Crippen LogP contribution in [0, 0.1) is 17.8 Å². The van der Waals surface area contributed by atoms with Gasteiger partial charge < -0.3 is 0 Å². The van der Waals surface area contributed by atoms with Crippen LogP contribution in [0.4, 0.5) is 0 Å². The van der Waals surface area contributed by atoms with Crippen LogP contribution in [0.5, 0.6) is 0 Å². The van der Waals surface area contributed by atoms with Gasteiger partial charge in [-0.3, -0.25) is 25.2 Å². The second-order valence-electron chi connectivity index (χ2n) is 8.47. The van der Waals surface area contributed by atoms with Gasteiger partial charge in [0.1, 0.15) is 0 Å². The van der Waals surface area contributed by atoms with Crippen molar-refractivity contribution in [3.8, 4) is 0 Å². The van der Waals surface area contributed by atoms with Gasteiger partial charge in [-0.25, -0.2) is 13.9 Å². The van der Waals surface area contributed by atoms with Crippen LogP contribution in [-0.2, 0) is 26.2 Å². The van der Waals surface area contributed by atoms with Crippen molar-refractivity contribution in [3.63, 3.8) is 0 Å². The van der Waals surface area contributed by atoms with Gasteiger partial charge in [0.15, 0.2) is 0 Å². The summed E-state index contributed by atoms with van der Waals surface area (Å²) in [6.45, 7) is 3.69. The van der Waals surface area contributed by atoms with Gasteiger partial charge in [-0.2, -0.15) is 0 Å². The number of nitrogens with zero attached hydrogens (tertiary/aromatic N) is 2. The third-order valence-corrected chi connectivity index (χ3v) is 6.20. The SMILES string of the molecule is CC(C)C[C@@H](C(=O)NN(Cc1cccnc1)S(C)(=O)=O)[C@H](C/C=C/c1ccccc1)C(=O)NO. The van der Waals surface area contributed by atoms with Crippen LogP contribution in [0.1, 0.15) is 37.8 Å². The van der Waals surface area contributed by atoms with E-state index in [9.17, 15) is 23.2 Å². The quantitative estimate of drug-likeness (QED) is 0.311. The van der Waals surface area contributed by atoms with Crippen molar-refractivity contribution in [2.45, 2.75) is 33.2 Å². The van der Waals surface area contributed by atoms with Crippen molar-refractivity contribution in [3.05, 3.63) is 72.1 Å². The molecule has 0 aliphatic carbocycles. The number of sulfonamides is 1. The molecule has 184 valence electrons. The van der Waals surface area contributed by atoms with Crippen molar-refractivity contribution >= 4 is 27.9 Å². The van der Waals surface area contributed by atoms with Gasteiger partial charge in [0.2, 0.25) is 21.8 Å². The van der Waals surface area contributed by atoms with Crippen LogP contribution >= 0.6 is 0 Å². The minimum absolute atomic E-state index is 0.0350. The van der Waals surface area contributed by atoms with E-state index in [0.717, 1.165) is 16.2 Å². The molecule has 0 bridgehead atoms. The highest BCUT2D eigenvalue weighted by Crippen LogP contribution is 2.26. The highest BCUT2D eigenvalue weighted by molar-refractivity contribution is 7.88. The second-order valence-corrected chi connectivity index (χ2v) is 10.4. The summed E-state index contributed by atoms with van der Waals surface area (Å²) >= 11 is 0. The number of allylic oxidation sites excluding steroid dienone is 1. The summed E-state index contributed by atoms with van der Waals surface area (Å²) < 4.78 is 25.6. The lowest BCUT2D eigenvalue weighted by Crippen LogP contribution is -2.50. The van der Waals surface area contributed by atoms with Crippen molar-refractivity contribution in [1.82, 2.24) is 20.3 Å². The molecule has 0 saturated heterocycles. The number of nitrogens with one attached hydrogen (secondary N) is 2. The minimum Gasteiger partial charge on any atom is -0.289 e. The first-order valence-corrected chi connectivity index (χ1v) is 12.8. The van der Waals surface area contributed by atoms with Crippen LogP contribution < -0.4 is 10.9 Å². The molecule has 0 unspecified atom stereocenters. The Kier molecular flexibility index (Phi) is 10.4. The van der Waals surface area contributed by atoms with E-state index >= 15 is 0 Å². The fourth-order valence-electron chi connectivity index (χ4n) is 3.52. The number of pyridine rings is 1. The Morgan fingerprint density at radius 1 is 1.09 bits per heavy atom. The van der Waals surface area contributed by atoms with Crippen LogP contribution in [0.25, 0.3) is 6.08 Å². The molecule has 1 heterocycles. The summed E-state index contributed by atoms with van der Waals surface area (Å²) in [6, 6.07) is 12.8. The number of hydrazine groups is 1. The molecule has 3 N–H and O–H groups in total. The summed E-state index contributed by atoms with van der Waals surface area (Å²) in [4.78, 5) is 29.8. The molecule has 1 aromatic heterocycles. The van der Waals surface area contributed by atoms with Gasteiger partial charge in [-0.15, -0.1) is 4.41 Å². The van der Waals surface area contributed by atoms with Gasteiger partial charge in [0, 0.05) is 12.4 Å². The maximum atomic E-state index is 13.3. The van der Waals surface area contributed by atoms with Crippen LogP contribution in [-0.4, -0.2) is 41.1 Å². The van der Waals surface area contributed by atoms with E-state index in [2.05, 4.69) is 10.4 Å². The van der Waals surface area contributed by atoms with Gasteiger partial charge in [0.25, 0.3) is 0 Å². The summed E-state index contributed by atoms with van der Waals surface area (Å²) in [5, 5.41) is 9.32. The lowest BCUT2D eigenvalue weighted by Gasteiger charge is -2.28. The minimum atomic E-state index is -3.81. The second kappa shape index (κ2) is 13.0. The van der Waals surface area contributed by atoms with E-state index in [4.69, 9.17) is 0 Å². The molecular formula is C24H32N4O5S. The van der Waals surface area contributed by atoms with Crippen molar-refractivity contribution in [2.24, 2.45) is 17.8 Å². The maximum Gasteiger partial charge on any atom is 0.247 e. The molecule has 2 aromatic rings. The molecule has 0 radical (unpaired) electrons. The lowest BCUT2D eigenvalue weighted by molar-refractivity contribution is -0.142. The Hall–Kier alpha value is -3.08. The van der Waals surface area contributed by atoms with Crippen molar-refractivity contribution in [2.75, 3.05) is 6.26 Å². The summed E-state index contributed by atoms with van der Waals surface area (Å²) in [6.07, 6.45) is 8.13. The third kappa shape index (κ3) is 8.69. The monoisotopic (exact) mass is 488 g/mol. The fraction of sp³-hybridized carbons (Fsp3) is 0.375. The van der Waals surface area contributed by atoms with Gasteiger partial charge in [-0.05, 0) is 36.0 Å². The first kappa shape index (κ1) is 27.2. The van der Waals surface area contributed by atoms with Crippen LogP contribution in [0.2, 0.25) is 0 Å². The smallest absolute Gasteiger partial charge is 0.247 e. The predicted molar refractivity (Wildman–Crippen MR) is 129 cm³/mol. The summed E-state index contributed by atoms with van der Waals surface area (Å²) in [7, 11) is -3.81. The molecular weight excluding hydrogens is 456 g/mol. The molecule has 2 rings (SSSR count). The zero-order valence-corrected chi connectivity index (χ0v) is 20.4. The van der Waals surface area contributed by atoms with Crippen LogP contribution in [0.15, 0.2) is 60.9 Å². The molecule has 9 nitrogen and oxygen atoms in total.